The van der Waals surface area contributed by atoms with Gasteiger partial charge in [-0.1, -0.05) is 34.1 Å². The molecule has 3 atom stereocenters. The average Bonchev–Trinajstić information content (AvgIpc) is 3.59. The van der Waals surface area contributed by atoms with Gasteiger partial charge in [-0.25, -0.2) is 0 Å². The van der Waals surface area contributed by atoms with Crippen LogP contribution in [0.3, 0.4) is 0 Å². The summed E-state index contributed by atoms with van der Waals surface area (Å²) in [6.07, 6.45) is 10.7. The largest absolute Gasteiger partial charge is 0.508 e. The molecule has 12 nitrogen and oxygen atoms in total. The number of piperazine rings is 1. The van der Waals surface area contributed by atoms with Crippen LogP contribution >= 0.6 is 15.9 Å². The Morgan fingerprint density at radius 1 is 1.15 bits per heavy atom. The Bertz CT molecular complexity index is 1840. The second-order valence-corrected chi connectivity index (χ2v) is 15.6. The first-order chi connectivity index (χ1) is 25.8. The number of fused-ring (bicyclic) bond motifs is 2. The van der Waals surface area contributed by atoms with Crippen LogP contribution in [0, 0.1) is 11.3 Å². The second-order valence-electron chi connectivity index (χ2n) is 14.7. The SMILES string of the molecule is COC1CCC(NC/C=C/C(=O)N2CCN(c3nc(OC[C@@H]4CCCN4C)nc4c3CO[C@H](c3cc(O)cc5cccc(Br)c35)C4)C[C@@H]2CC#N)CC1. The Hall–Kier alpha value is -3.80. The lowest BCUT2D eigenvalue weighted by molar-refractivity contribution is -0.128. The Morgan fingerprint density at radius 3 is 2.77 bits per heavy atom. The van der Waals surface area contributed by atoms with Gasteiger partial charge in [0.15, 0.2) is 0 Å². The summed E-state index contributed by atoms with van der Waals surface area (Å²) in [5, 5.41) is 25.9. The molecular formula is C40H50BrN7O5. The number of nitrogens with one attached hydrogen (secondary N) is 1. The van der Waals surface area contributed by atoms with Crippen molar-refractivity contribution in [2.24, 2.45) is 0 Å². The van der Waals surface area contributed by atoms with Gasteiger partial charge in [0.05, 0.1) is 43.0 Å². The molecule has 1 aliphatic carbocycles. The van der Waals surface area contributed by atoms with Gasteiger partial charge in [-0.3, -0.25) is 4.79 Å². The lowest BCUT2D eigenvalue weighted by atomic mass is 9.93. The van der Waals surface area contributed by atoms with Crippen molar-refractivity contribution in [3.8, 4) is 17.8 Å². The van der Waals surface area contributed by atoms with Gasteiger partial charge in [-0.05, 0) is 81.3 Å². The first-order valence-electron chi connectivity index (χ1n) is 18.9. The number of nitriles is 1. The van der Waals surface area contributed by atoms with Gasteiger partial charge >= 0.3 is 6.01 Å². The van der Waals surface area contributed by atoms with E-state index in [0.717, 1.165) is 83.0 Å². The molecule has 2 aromatic carbocycles. The third-order valence-corrected chi connectivity index (χ3v) is 12.1. The molecule has 2 N–H and O–H groups in total. The number of hydrogen-bond donors (Lipinski definition) is 2. The maximum atomic E-state index is 13.5. The average molecular weight is 789 g/mol. The summed E-state index contributed by atoms with van der Waals surface area (Å²) in [6.45, 7) is 3.89. The van der Waals surface area contributed by atoms with E-state index in [4.69, 9.17) is 24.2 Å². The third-order valence-electron chi connectivity index (χ3n) is 11.4. The molecule has 0 radical (unpaired) electrons. The smallest absolute Gasteiger partial charge is 0.318 e. The summed E-state index contributed by atoms with van der Waals surface area (Å²) >= 11 is 3.72. The summed E-state index contributed by atoms with van der Waals surface area (Å²) in [5.74, 6) is 0.822. The number of aromatic nitrogens is 2. The summed E-state index contributed by atoms with van der Waals surface area (Å²) < 4.78 is 19.3. The van der Waals surface area contributed by atoms with E-state index in [1.807, 2.05) is 29.2 Å². The van der Waals surface area contributed by atoms with Crippen LogP contribution in [0.25, 0.3) is 10.8 Å². The lowest BCUT2D eigenvalue weighted by Crippen LogP contribution is -2.55. The number of nitrogens with zero attached hydrogens (tertiary/aromatic N) is 6. The number of benzene rings is 2. The number of ether oxygens (including phenoxy) is 3. The Kier molecular flexibility index (Phi) is 12.1. The van der Waals surface area contributed by atoms with E-state index in [-0.39, 0.29) is 36.8 Å². The monoisotopic (exact) mass is 787 g/mol. The molecule has 3 aromatic rings. The van der Waals surface area contributed by atoms with Gasteiger partial charge in [-0.2, -0.15) is 15.2 Å². The number of methoxy groups -OCH3 is 1. The molecule has 3 aliphatic heterocycles. The fourth-order valence-corrected chi connectivity index (χ4v) is 8.99. The van der Waals surface area contributed by atoms with Crippen LogP contribution in [0.2, 0.25) is 0 Å². The molecule has 4 aliphatic rings. The van der Waals surface area contributed by atoms with Crippen LogP contribution in [0.1, 0.15) is 67.9 Å². The molecule has 0 unspecified atom stereocenters. The van der Waals surface area contributed by atoms with E-state index < -0.39 is 0 Å². The first kappa shape index (κ1) is 37.5. The van der Waals surface area contributed by atoms with Crippen LogP contribution in [-0.2, 0) is 27.3 Å². The molecule has 53 heavy (non-hydrogen) atoms. The number of carbonyl (C=O) groups excluding carboxylic acids is 1. The van der Waals surface area contributed by atoms with Gasteiger partial charge in [0, 0.05) is 73.3 Å². The normalized spacial score (nSPS) is 25.1. The standard InChI is InChI=1S/C40H50BrN7O5/c1-46-17-5-7-29(46)24-53-40-44-35-22-36(32-21-30(49)20-26-6-3-8-34(41)38(26)32)52-25-33(35)39(45-40)47-18-19-48(28(23-47)14-15-42)37(50)9-4-16-43-27-10-12-31(51-2)13-11-27/h3-4,6,8-9,20-21,27-29,31,36,43,49H,5,7,10-14,16-19,22-25H2,1-2H3/b9-4+/t27?,28-,29-,31?,36-/m0/s1. The molecular weight excluding hydrogens is 738 g/mol. The number of aromatic hydroxyl groups is 1. The number of rotatable bonds is 11. The van der Waals surface area contributed by atoms with E-state index in [1.165, 1.54) is 0 Å². The fraction of sp³-hybridized carbons (Fsp3) is 0.550. The maximum Gasteiger partial charge on any atom is 0.318 e. The molecule has 0 spiro atoms. The van der Waals surface area contributed by atoms with Crippen molar-refractivity contribution >= 4 is 38.4 Å². The highest BCUT2D eigenvalue weighted by Crippen LogP contribution is 2.41. The molecule has 1 aromatic heterocycles. The zero-order chi connectivity index (χ0) is 36.9. The Balaban J connectivity index is 1.10. The van der Waals surface area contributed by atoms with Gasteiger partial charge in [0.1, 0.15) is 18.2 Å². The molecule has 2 saturated heterocycles. The molecule has 1 saturated carbocycles. The first-order valence-corrected chi connectivity index (χ1v) is 19.7. The van der Waals surface area contributed by atoms with E-state index in [9.17, 15) is 15.2 Å². The molecule has 13 heteroatoms. The fourth-order valence-electron chi connectivity index (χ4n) is 8.38. The zero-order valence-corrected chi connectivity index (χ0v) is 32.3. The highest BCUT2D eigenvalue weighted by Gasteiger charge is 2.35. The van der Waals surface area contributed by atoms with Crippen molar-refractivity contribution in [2.75, 3.05) is 58.4 Å². The molecule has 4 heterocycles. The Labute approximate surface area is 320 Å². The highest BCUT2D eigenvalue weighted by molar-refractivity contribution is 9.10. The van der Waals surface area contributed by atoms with Crippen molar-refractivity contribution in [2.45, 2.75) is 88.3 Å². The molecule has 0 bridgehead atoms. The van der Waals surface area contributed by atoms with Gasteiger partial charge in [0.25, 0.3) is 0 Å². The van der Waals surface area contributed by atoms with E-state index in [2.05, 4.69) is 44.2 Å². The summed E-state index contributed by atoms with van der Waals surface area (Å²) in [5.41, 5.74) is 2.61. The Morgan fingerprint density at radius 2 is 2.00 bits per heavy atom. The number of likely N-dealkylation sites (tertiary alicyclic amines) is 1. The van der Waals surface area contributed by atoms with Crippen molar-refractivity contribution in [3.05, 3.63) is 63.8 Å². The molecule has 3 fully saturated rings. The number of hydrogen-bond acceptors (Lipinski definition) is 11. The van der Waals surface area contributed by atoms with Crippen LogP contribution < -0.4 is 15.0 Å². The predicted molar refractivity (Wildman–Crippen MR) is 206 cm³/mol. The minimum atomic E-state index is -0.352. The van der Waals surface area contributed by atoms with Crippen molar-refractivity contribution in [3.63, 3.8) is 0 Å². The zero-order valence-electron chi connectivity index (χ0n) is 30.7. The van der Waals surface area contributed by atoms with Crippen molar-refractivity contribution in [1.29, 1.82) is 5.26 Å². The summed E-state index contributed by atoms with van der Waals surface area (Å²) in [7, 11) is 3.90. The minimum absolute atomic E-state index is 0.0834. The number of phenols is 1. The number of carbonyl (C=O) groups is 1. The maximum absolute atomic E-state index is 13.5. The van der Waals surface area contributed by atoms with E-state index in [0.29, 0.717) is 63.4 Å². The molecule has 282 valence electrons. The predicted octanol–water partition coefficient (Wildman–Crippen LogP) is 5.42. The van der Waals surface area contributed by atoms with Crippen molar-refractivity contribution < 1.29 is 24.1 Å². The second kappa shape index (κ2) is 17.1. The third kappa shape index (κ3) is 8.63. The van der Waals surface area contributed by atoms with Gasteiger partial charge in [-0.15, -0.1) is 0 Å². The number of likely N-dealkylation sites (N-methyl/N-ethyl adjacent to an activating group) is 1. The van der Waals surface area contributed by atoms with E-state index in [1.54, 1.807) is 25.3 Å². The summed E-state index contributed by atoms with van der Waals surface area (Å²) in [4.78, 5) is 29.7. The van der Waals surface area contributed by atoms with Crippen LogP contribution in [0.15, 0.2) is 47.0 Å². The number of amides is 1. The molecule has 7 rings (SSSR count). The van der Waals surface area contributed by atoms with Crippen LogP contribution in [-0.4, -0.2) is 108 Å². The highest BCUT2D eigenvalue weighted by atomic mass is 79.9. The topological polar surface area (TPSA) is 136 Å². The van der Waals surface area contributed by atoms with E-state index >= 15 is 0 Å². The van der Waals surface area contributed by atoms with Crippen LogP contribution in [0.4, 0.5) is 5.82 Å². The minimum Gasteiger partial charge on any atom is -0.508 e. The molecule has 1 amide bonds. The lowest BCUT2D eigenvalue weighted by Gasteiger charge is -2.42. The number of anilines is 1. The van der Waals surface area contributed by atoms with Crippen LogP contribution in [0.5, 0.6) is 11.8 Å². The van der Waals surface area contributed by atoms with Crippen molar-refractivity contribution in [1.82, 2.24) is 25.1 Å². The number of phenolic OH excluding ortho intramolecular Hbond substituents is 1. The quantitative estimate of drug-likeness (QED) is 0.241. The van der Waals surface area contributed by atoms with Gasteiger partial charge in [0.2, 0.25) is 5.91 Å². The van der Waals surface area contributed by atoms with Gasteiger partial charge < -0.3 is 39.3 Å². The summed E-state index contributed by atoms with van der Waals surface area (Å²) in [6, 6.07) is 12.5. The number of halogens is 1.